The van der Waals surface area contributed by atoms with Crippen LogP contribution >= 0.6 is 0 Å². The minimum Gasteiger partial charge on any atom is -0.397 e. The van der Waals surface area contributed by atoms with Crippen molar-refractivity contribution in [2.45, 2.75) is 13.3 Å². The Morgan fingerprint density at radius 2 is 2.08 bits per heavy atom. The van der Waals surface area contributed by atoms with Gasteiger partial charge in [-0.25, -0.2) is 0 Å². The molecule has 0 aliphatic carbocycles. The zero-order valence-electron chi connectivity index (χ0n) is 6.20. The fourth-order valence-corrected chi connectivity index (χ4v) is 0.670. The highest BCUT2D eigenvalue weighted by molar-refractivity contribution is 5.27. The molecule has 1 aromatic rings. The zero-order valence-corrected chi connectivity index (χ0v) is 6.20. The molecule has 0 bridgehead atoms. The van der Waals surface area contributed by atoms with Crippen LogP contribution in [-0.2, 0) is 0 Å². The molecule has 0 aliphatic rings. The maximum absolute atomic E-state index is 11.7. The van der Waals surface area contributed by atoms with Crippen molar-refractivity contribution in [3.63, 3.8) is 0 Å². The maximum atomic E-state index is 11.7. The second-order valence-electron chi connectivity index (χ2n) is 2.16. The summed E-state index contributed by atoms with van der Waals surface area (Å²) in [5.74, 6) is -0.329. The number of aryl methyl sites for hydroxylation is 1. The van der Waals surface area contributed by atoms with E-state index in [0.29, 0.717) is 5.56 Å². The Kier molecular flexibility index (Phi) is 2.13. The highest BCUT2D eigenvalue weighted by atomic mass is 19.4. The predicted octanol–water partition coefficient (Wildman–Crippen LogP) is 2.49. The van der Waals surface area contributed by atoms with Gasteiger partial charge in [0.05, 0.1) is 0 Å². The third kappa shape index (κ3) is 2.35. The molecule has 4 heteroatoms. The molecule has 64 valence electrons. The van der Waals surface area contributed by atoms with Gasteiger partial charge in [0.2, 0.25) is 0 Å². The van der Waals surface area contributed by atoms with Gasteiger partial charge in [-0.05, 0) is 25.1 Å². The largest absolute Gasteiger partial charge is 0.573 e. The van der Waals surface area contributed by atoms with Crippen molar-refractivity contribution in [2.75, 3.05) is 0 Å². The molecule has 1 nitrogen and oxygen atoms in total. The number of ether oxygens (including phenoxy) is 1. The first kappa shape index (κ1) is 8.72. The molecular weight excluding hydrogens is 169 g/mol. The van der Waals surface area contributed by atoms with Crippen molar-refractivity contribution in [3.05, 3.63) is 29.8 Å². The Hall–Kier alpha value is -1.37. The van der Waals surface area contributed by atoms with E-state index in [1.165, 1.54) is 19.1 Å². The Balaban J connectivity index is 2.83. The van der Waals surface area contributed by atoms with Gasteiger partial charge in [0.1, 0.15) is 0 Å². The van der Waals surface area contributed by atoms with Crippen LogP contribution in [0.3, 0.4) is 0 Å². The van der Waals surface area contributed by atoms with Crippen molar-refractivity contribution in [1.29, 1.82) is 0 Å². The molecule has 0 heterocycles. The van der Waals surface area contributed by atoms with Crippen molar-refractivity contribution in [3.8, 4) is 5.75 Å². The lowest BCUT2D eigenvalue weighted by molar-refractivity contribution is -0.274. The van der Waals surface area contributed by atoms with Crippen LogP contribution in [-0.4, -0.2) is 6.36 Å². The molecule has 0 unspecified atom stereocenters. The highest BCUT2D eigenvalue weighted by Crippen LogP contribution is 2.23. The summed E-state index contributed by atoms with van der Waals surface area (Å²) in [5.41, 5.74) is 0.381. The fourth-order valence-electron chi connectivity index (χ4n) is 0.670. The minimum atomic E-state index is -4.66. The van der Waals surface area contributed by atoms with E-state index in [1.54, 1.807) is 0 Å². The van der Waals surface area contributed by atoms with Crippen LogP contribution in [0.1, 0.15) is 5.56 Å². The zero-order chi connectivity index (χ0) is 9.19. The molecule has 1 rings (SSSR count). The first-order chi connectivity index (χ1) is 5.49. The number of hydrogen-bond donors (Lipinski definition) is 0. The van der Waals surface area contributed by atoms with E-state index in [0.717, 1.165) is 0 Å². The summed E-state index contributed by atoms with van der Waals surface area (Å²) in [4.78, 5) is 0. The molecule has 0 fully saturated rings. The van der Waals surface area contributed by atoms with Crippen molar-refractivity contribution >= 4 is 0 Å². The smallest absolute Gasteiger partial charge is 0.397 e. The molecule has 0 saturated heterocycles. The Bertz CT molecular complexity index is 267. The summed E-state index contributed by atoms with van der Waals surface area (Å²) in [7, 11) is 0. The predicted molar refractivity (Wildman–Crippen MR) is 35.5 cm³/mol. The van der Waals surface area contributed by atoms with E-state index in [2.05, 4.69) is 16.9 Å². The lowest BCUT2D eigenvalue weighted by atomic mass is 10.2. The molecule has 0 spiro atoms. The molecule has 0 amide bonds. The van der Waals surface area contributed by atoms with Gasteiger partial charge >= 0.3 is 6.36 Å². The maximum Gasteiger partial charge on any atom is 0.573 e. The van der Waals surface area contributed by atoms with Crippen LogP contribution in [0.5, 0.6) is 5.75 Å². The quantitative estimate of drug-likeness (QED) is 0.635. The lowest BCUT2D eigenvalue weighted by Crippen LogP contribution is -2.17. The summed E-state index contributed by atoms with van der Waals surface area (Å²) in [5, 5.41) is 0. The van der Waals surface area contributed by atoms with Crippen LogP contribution in [0.25, 0.3) is 0 Å². The normalized spacial score (nSPS) is 10.7. The number of alkyl halides is 3. The Morgan fingerprint density at radius 3 is 2.58 bits per heavy atom. The third-order valence-corrected chi connectivity index (χ3v) is 1.18. The van der Waals surface area contributed by atoms with Crippen molar-refractivity contribution < 1.29 is 17.9 Å². The van der Waals surface area contributed by atoms with Gasteiger partial charge in [-0.15, -0.1) is 13.2 Å². The summed E-state index contributed by atoms with van der Waals surface area (Å²) in [6.45, 7) is 1.51. The SMILES string of the molecule is Cc1ccc#cc1OC(F)(F)F. The van der Waals surface area contributed by atoms with E-state index in [9.17, 15) is 13.2 Å². The Morgan fingerprint density at radius 1 is 1.42 bits per heavy atom. The molecule has 0 aliphatic heterocycles. The van der Waals surface area contributed by atoms with Gasteiger partial charge in [-0.1, -0.05) is 6.07 Å². The summed E-state index contributed by atoms with van der Waals surface area (Å²) >= 11 is 0. The molecule has 0 saturated carbocycles. The van der Waals surface area contributed by atoms with Crippen molar-refractivity contribution in [2.24, 2.45) is 0 Å². The molecule has 1 aromatic carbocycles. The van der Waals surface area contributed by atoms with Gasteiger partial charge in [-0.2, -0.15) is 0 Å². The van der Waals surface area contributed by atoms with Gasteiger partial charge in [0, 0.05) is 5.56 Å². The lowest BCUT2D eigenvalue weighted by Gasteiger charge is -2.07. The fraction of sp³-hybridized carbons (Fsp3) is 0.250. The van der Waals surface area contributed by atoms with E-state index < -0.39 is 6.36 Å². The topological polar surface area (TPSA) is 9.23 Å². The molecule has 12 heavy (non-hydrogen) atoms. The third-order valence-electron chi connectivity index (χ3n) is 1.18. The monoisotopic (exact) mass is 174 g/mol. The van der Waals surface area contributed by atoms with Gasteiger partial charge in [0.15, 0.2) is 5.75 Å². The number of hydrogen-bond acceptors (Lipinski definition) is 1. The number of rotatable bonds is 1. The highest BCUT2D eigenvalue weighted by Gasteiger charge is 2.31. The first-order valence-electron chi connectivity index (χ1n) is 3.14. The van der Waals surface area contributed by atoms with E-state index in [-0.39, 0.29) is 5.75 Å². The first-order valence-corrected chi connectivity index (χ1v) is 3.14. The summed E-state index contributed by atoms with van der Waals surface area (Å²) in [6, 6.07) is 7.54. The van der Waals surface area contributed by atoms with Crippen LogP contribution in [0, 0.1) is 19.1 Å². The second-order valence-corrected chi connectivity index (χ2v) is 2.16. The molecular formula is C8H5F3O. The van der Waals surface area contributed by atoms with E-state index >= 15 is 0 Å². The van der Waals surface area contributed by atoms with Crippen LogP contribution < -0.4 is 4.74 Å². The van der Waals surface area contributed by atoms with Gasteiger partial charge in [0.25, 0.3) is 0 Å². The molecule has 0 N–H and O–H groups in total. The molecule has 0 atom stereocenters. The van der Waals surface area contributed by atoms with Gasteiger partial charge in [-0.3, -0.25) is 0 Å². The summed E-state index contributed by atoms with van der Waals surface area (Å²) in [6.07, 6.45) is -4.66. The van der Waals surface area contributed by atoms with Crippen molar-refractivity contribution in [1.82, 2.24) is 0 Å². The average Bonchev–Trinajstić information content (AvgIpc) is 1.91. The summed E-state index contributed by atoms with van der Waals surface area (Å²) < 4.78 is 38.6. The number of halogens is 3. The Labute approximate surface area is 67.8 Å². The molecule has 0 radical (unpaired) electrons. The minimum absolute atomic E-state index is 0.329. The standard InChI is InChI=1S/C8H5F3O/c1-6-4-2-3-5-7(6)12-8(9,10)11/h2,4H,1H3. The van der Waals surface area contributed by atoms with E-state index in [4.69, 9.17) is 0 Å². The van der Waals surface area contributed by atoms with Crippen LogP contribution in [0.15, 0.2) is 12.1 Å². The second kappa shape index (κ2) is 2.94. The average molecular weight is 174 g/mol. The van der Waals surface area contributed by atoms with Crippen LogP contribution in [0.2, 0.25) is 0 Å². The van der Waals surface area contributed by atoms with Crippen LogP contribution in [0.4, 0.5) is 13.2 Å². The molecule has 0 aromatic heterocycles. The van der Waals surface area contributed by atoms with Gasteiger partial charge < -0.3 is 4.74 Å². The van der Waals surface area contributed by atoms with E-state index in [1.807, 2.05) is 0 Å².